The number of hydrogen-bond donors (Lipinski definition) is 1. The number of methoxy groups -OCH3 is 1. The minimum absolute atomic E-state index is 0.0700. The van der Waals surface area contributed by atoms with Gasteiger partial charge in [-0.2, -0.15) is 0 Å². The molecular formula is C26H44N2O3. The number of amides is 1. The van der Waals surface area contributed by atoms with Gasteiger partial charge in [-0.15, -0.1) is 0 Å². The van der Waals surface area contributed by atoms with Gasteiger partial charge in [-0.05, 0) is 67.2 Å². The summed E-state index contributed by atoms with van der Waals surface area (Å²) in [5, 5.41) is 3.06. The number of nitrogens with one attached hydrogen (secondary N) is 1. The van der Waals surface area contributed by atoms with E-state index < -0.39 is 5.60 Å². The maximum absolute atomic E-state index is 13.1. The van der Waals surface area contributed by atoms with Gasteiger partial charge in [-0.3, -0.25) is 9.69 Å². The molecule has 0 aliphatic carbocycles. The summed E-state index contributed by atoms with van der Waals surface area (Å²) in [5.41, 5.74) is -0.0368. The Bertz CT molecular complexity index is 652. The Morgan fingerprint density at radius 1 is 1.06 bits per heavy atom. The van der Waals surface area contributed by atoms with E-state index in [0.717, 1.165) is 42.9 Å². The second-order valence-electron chi connectivity index (χ2n) is 10.4. The van der Waals surface area contributed by atoms with Gasteiger partial charge in [0, 0.05) is 32.4 Å². The number of anilines is 1. The molecule has 0 saturated carbocycles. The van der Waals surface area contributed by atoms with Gasteiger partial charge < -0.3 is 14.8 Å². The van der Waals surface area contributed by atoms with Gasteiger partial charge in [0.1, 0.15) is 18.0 Å². The van der Waals surface area contributed by atoms with E-state index in [2.05, 4.69) is 51.8 Å². The summed E-state index contributed by atoms with van der Waals surface area (Å²) in [6.07, 6.45) is 2.72. The quantitative estimate of drug-likeness (QED) is 0.504. The van der Waals surface area contributed by atoms with Crippen LogP contribution in [0.5, 0.6) is 5.75 Å². The fourth-order valence-electron chi connectivity index (χ4n) is 4.99. The van der Waals surface area contributed by atoms with Crippen LogP contribution in [0.4, 0.5) is 5.69 Å². The standard InChI is InChI=1S/C26H44N2O3/c1-19(2)15-26(30-7,16-20(3)4)25(29)27-23-8-10-24(11-9-23)31-13-12-28-17-21(5)14-22(6)18-28/h8-11,19-22H,12-18H2,1-7H3,(H,27,29)/t21-,22-/m0/s1. The Morgan fingerprint density at radius 2 is 1.61 bits per heavy atom. The second-order valence-corrected chi connectivity index (χ2v) is 10.4. The highest BCUT2D eigenvalue weighted by Gasteiger charge is 2.39. The predicted octanol–water partition coefficient (Wildman–Crippen LogP) is 5.46. The Balaban J connectivity index is 1.90. The van der Waals surface area contributed by atoms with E-state index in [-0.39, 0.29) is 5.91 Å². The first kappa shape index (κ1) is 25.7. The fraction of sp³-hybridized carbons (Fsp3) is 0.731. The van der Waals surface area contributed by atoms with Gasteiger partial charge in [0.2, 0.25) is 0 Å². The van der Waals surface area contributed by atoms with Crippen molar-refractivity contribution in [2.75, 3.05) is 38.7 Å². The van der Waals surface area contributed by atoms with E-state index in [1.807, 2.05) is 24.3 Å². The van der Waals surface area contributed by atoms with Gasteiger partial charge in [0.05, 0.1) is 0 Å². The van der Waals surface area contributed by atoms with E-state index in [9.17, 15) is 4.79 Å². The molecule has 1 amide bonds. The molecule has 1 fully saturated rings. The molecule has 0 aromatic heterocycles. The molecule has 1 saturated heterocycles. The van der Waals surface area contributed by atoms with E-state index in [1.165, 1.54) is 6.42 Å². The number of nitrogens with zero attached hydrogens (tertiary/aromatic N) is 1. The molecule has 0 radical (unpaired) electrons. The second kappa shape index (κ2) is 11.9. The molecule has 176 valence electrons. The van der Waals surface area contributed by atoms with E-state index in [4.69, 9.17) is 9.47 Å². The lowest BCUT2D eigenvalue weighted by molar-refractivity contribution is -0.142. The summed E-state index contributed by atoms with van der Waals surface area (Å²) < 4.78 is 11.8. The van der Waals surface area contributed by atoms with E-state index in [0.29, 0.717) is 31.3 Å². The van der Waals surface area contributed by atoms with Gasteiger partial charge >= 0.3 is 0 Å². The third kappa shape index (κ3) is 8.12. The van der Waals surface area contributed by atoms with Crippen LogP contribution >= 0.6 is 0 Å². The molecule has 5 heteroatoms. The highest BCUT2D eigenvalue weighted by Crippen LogP contribution is 2.30. The van der Waals surface area contributed by atoms with Crippen molar-refractivity contribution in [3.05, 3.63) is 24.3 Å². The van der Waals surface area contributed by atoms with Crippen LogP contribution in [-0.4, -0.2) is 49.8 Å². The molecule has 5 nitrogen and oxygen atoms in total. The predicted molar refractivity (Wildman–Crippen MR) is 129 cm³/mol. The molecule has 0 spiro atoms. The number of carbonyl (C=O) groups excluding carboxylic acids is 1. The Hall–Kier alpha value is -1.59. The largest absolute Gasteiger partial charge is 0.492 e. The molecule has 1 aromatic carbocycles. The summed E-state index contributed by atoms with van der Waals surface area (Å²) in [4.78, 5) is 15.6. The van der Waals surface area contributed by atoms with Crippen LogP contribution in [0, 0.1) is 23.7 Å². The summed E-state index contributed by atoms with van der Waals surface area (Å²) in [6, 6.07) is 7.67. The van der Waals surface area contributed by atoms with Crippen molar-refractivity contribution in [2.24, 2.45) is 23.7 Å². The average molecular weight is 433 g/mol. The van der Waals surface area contributed by atoms with Crippen LogP contribution in [0.25, 0.3) is 0 Å². The summed E-state index contributed by atoms with van der Waals surface area (Å²) >= 11 is 0. The molecule has 1 aliphatic rings. The highest BCUT2D eigenvalue weighted by molar-refractivity contribution is 5.97. The maximum Gasteiger partial charge on any atom is 0.256 e. The lowest BCUT2D eigenvalue weighted by Crippen LogP contribution is -2.46. The van der Waals surface area contributed by atoms with Gasteiger partial charge in [-0.1, -0.05) is 41.5 Å². The molecule has 1 heterocycles. The molecule has 1 aliphatic heterocycles. The number of ether oxygens (including phenoxy) is 2. The van der Waals surface area contributed by atoms with E-state index >= 15 is 0 Å². The number of benzene rings is 1. The van der Waals surface area contributed by atoms with Crippen molar-refractivity contribution in [1.82, 2.24) is 4.90 Å². The molecule has 1 aromatic rings. The van der Waals surface area contributed by atoms with Crippen molar-refractivity contribution < 1.29 is 14.3 Å². The third-order valence-electron chi connectivity index (χ3n) is 6.01. The molecule has 0 bridgehead atoms. The SMILES string of the molecule is COC(CC(C)C)(CC(C)C)C(=O)Nc1ccc(OCCN2C[C@@H](C)C[C@H](C)C2)cc1. The van der Waals surface area contributed by atoms with Gasteiger partial charge in [-0.25, -0.2) is 0 Å². The first-order chi connectivity index (χ1) is 14.6. The number of hydrogen-bond acceptors (Lipinski definition) is 4. The highest BCUT2D eigenvalue weighted by atomic mass is 16.5. The van der Waals surface area contributed by atoms with Crippen molar-refractivity contribution in [3.63, 3.8) is 0 Å². The molecule has 1 N–H and O–H groups in total. The molecule has 2 atom stereocenters. The monoisotopic (exact) mass is 432 g/mol. The van der Waals surface area contributed by atoms with Gasteiger partial charge in [0.15, 0.2) is 0 Å². The van der Waals surface area contributed by atoms with Crippen molar-refractivity contribution in [3.8, 4) is 5.75 Å². The summed E-state index contributed by atoms with van der Waals surface area (Å²) in [5.74, 6) is 3.02. The van der Waals surface area contributed by atoms with Crippen molar-refractivity contribution in [1.29, 1.82) is 0 Å². The minimum Gasteiger partial charge on any atom is -0.492 e. The zero-order valence-corrected chi connectivity index (χ0v) is 20.7. The molecular weight excluding hydrogens is 388 g/mol. The van der Waals surface area contributed by atoms with Crippen LogP contribution in [0.2, 0.25) is 0 Å². The van der Waals surface area contributed by atoms with Crippen LogP contribution in [-0.2, 0) is 9.53 Å². The zero-order chi connectivity index (χ0) is 23.0. The van der Waals surface area contributed by atoms with Crippen LogP contribution in [0.1, 0.15) is 60.8 Å². The fourth-order valence-corrected chi connectivity index (χ4v) is 4.99. The maximum atomic E-state index is 13.1. The Labute approximate surface area is 189 Å². The van der Waals surface area contributed by atoms with Crippen LogP contribution in [0.3, 0.4) is 0 Å². The number of likely N-dealkylation sites (tertiary alicyclic amines) is 1. The van der Waals surface area contributed by atoms with Crippen LogP contribution in [0.15, 0.2) is 24.3 Å². The smallest absolute Gasteiger partial charge is 0.256 e. The number of piperidine rings is 1. The van der Waals surface area contributed by atoms with E-state index in [1.54, 1.807) is 7.11 Å². The normalized spacial score (nSPS) is 20.3. The lowest BCUT2D eigenvalue weighted by atomic mass is 9.84. The topological polar surface area (TPSA) is 50.8 Å². The number of rotatable bonds is 11. The van der Waals surface area contributed by atoms with Gasteiger partial charge in [0.25, 0.3) is 5.91 Å². The Morgan fingerprint density at radius 3 is 2.10 bits per heavy atom. The summed E-state index contributed by atoms with van der Waals surface area (Å²) in [7, 11) is 1.64. The third-order valence-corrected chi connectivity index (χ3v) is 6.01. The lowest BCUT2D eigenvalue weighted by Gasteiger charge is -2.34. The van der Waals surface area contributed by atoms with Crippen molar-refractivity contribution in [2.45, 2.75) is 66.4 Å². The summed E-state index contributed by atoms with van der Waals surface area (Å²) in [6.45, 7) is 17.1. The van der Waals surface area contributed by atoms with Crippen LogP contribution < -0.4 is 10.1 Å². The minimum atomic E-state index is -0.805. The molecule has 31 heavy (non-hydrogen) atoms. The zero-order valence-electron chi connectivity index (χ0n) is 20.7. The Kier molecular flexibility index (Phi) is 9.83. The molecule has 0 unspecified atom stereocenters. The average Bonchev–Trinajstić information content (AvgIpc) is 2.67. The number of carbonyl (C=O) groups is 1. The first-order valence-electron chi connectivity index (χ1n) is 12.0. The molecule has 2 rings (SSSR count). The first-order valence-corrected chi connectivity index (χ1v) is 12.0. The van der Waals surface area contributed by atoms with Crippen molar-refractivity contribution >= 4 is 11.6 Å².